The van der Waals surface area contributed by atoms with Gasteiger partial charge in [0.2, 0.25) is 0 Å². The smallest absolute Gasteiger partial charge is 0.126 e. The second-order valence-electron chi connectivity index (χ2n) is 5.33. The first kappa shape index (κ1) is 15.5. The maximum Gasteiger partial charge on any atom is 0.126 e. The van der Waals surface area contributed by atoms with Crippen LogP contribution in [-0.4, -0.2) is 10.1 Å². The van der Waals surface area contributed by atoms with E-state index in [1.165, 1.54) is 12.8 Å². The Morgan fingerprint density at radius 1 is 1.14 bits per heavy atom. The summed E-state index contributed by atoms with van der Waals surface area (Å²) in [5.74, 6) is 0.867. The molecule has 3 nitrogen and oxygen atoms in total. The topological polar surface area (TPSA) is 45.1 Å². The molecule has 2 aromatic rings. The van der Waals surface area contributed by atoms with Crippen LogP contribution in [0.5, 0.6) is 0 Å². The zero-order valence-electron chi connectivity index (χ0n) is 12.6. The van der Waals surface area contributed by atoms with Crippen LogP contribution in [0, 0.1) is 0 Å². The first-order valence-electron chi connectivity index (χ1n) is 7.71. The quantitative estimate of drug-likeness (QED) is 0.710. The van der Waals surface area contributed by atoms with Gasteiger partial charge < -0.3 is 10.4 Å². The number of hydrogen-bond donors (Lipinski definition) is 2. The van der Waals surface area contributed by atoms with Crippen molar-refractivity contribution in [3.05, 3.63) is 59.8 Å². The lowest BCUT2D eigenvalue weighted by Gasteiger charge is -2.12. The molecule has 0 radical (unpaired) electrons. The van der Waals surface area contributed by atoms with Gasteiger partial charge in [-0.25, -0.2) is 4.98 Å². The average molecular weight is 284 g/mol. The number of aliphatic hydroxyl groups is 1. The first-order valence-corrected chi connectivity index (χ1v) is 7.71. The Labute approximate surface area is 127 Å². The predicted octanol–water partition coefficient (Wildman–Crippen LogP) is 4.31. The molecule has 0 aliphatic heterocycles. The molecule has 0 aliphatic rings. The number of pyridine rings is 1. The Morgan fingerprint density at radius 2 is 2.05 bits per heavy atom. The lowest BCUT2D eigenvalue weighted by molar-refractivity contribution is 0.163. The summed E-state index contributed by atoms with van der Waals surface area (Å²) in [4.78, 5) is 4.24. The van der Waals surface area contributed by atoms with Crippen LogP contribution in [0.4, 0.5) is 5.82 Å². The van der Waals surface area contributed by atoms with Crippen molar-refractivity contribution in [2.24, 2.45) is 0 Å². The van der Waals surface area contributed by atoms with E-state index in [4.69, 9.17) is 0 Å². The van der Waals surface area contributed by atoms with Gasteiger partial charge in [-0.05, 0) is 29.7 Å². The van der Waals surface area contributed by atoms with E-state index < -0.39 is 0 Å². The molecule has 2 rings (SSSR count). The third-order valence-corrected chi connectivity index (χ3v) is 3.56. The summed E-state index contributed by atoms with van der Waals surface area (Å²) < 4.78 is 0. The normalized spacial score (nSPS) is 12.1. The fourth-order valence-electron chi connectivity index (χ4n) is 2.32. The number of unbranched alkanes of at least 4 members (excludes halogenated alkanes) is 2. The summed E-state index contributed by atoms with van der Waals surface area (Å²) in [6.45, 7) is 2.89. The minimum atomic E-state index is -0.355. The van der Waals surface area contributed by atoms with Gasteiger partial charge in [0.25, 0.3) is 0 Å². The van der Waals surface area contributed by atoms with Gasteiger partial charge in [-0.1, -0.05) is 56.5 Å². The molecule has 0 fully saturated rings. The van der Waals surface area contributed by atoms with E-state index in [1.807, 2.05) is 30.3 Å². The number of hydrogen-bond acceptors (Lipinski definition) is 3. The highest BCUT2D eigenvalue weighted by atomic mass is 16.3. The fourth-order valence-corrected chi connectivity index (χ4v) is 2.32. The maximum atomic E-state index is 10.2. The van der Waals surface area contributed by atoms with Gasteiger partial charge in [0.1, 0.15) is 5.82 Å². The van der Waals surface area contributed by atoms with Gasteiger partial charge >= 0.3 is 0 Å². The molecule has 0 amide bonds. The number of aromatic nitrogens is 1. The number of rotatable bonds is 8. The average Bonchev–Trinajstić information content (AvgIpc) is 2.54. The highest BCUT2D eigenvalue weighted by molar-refractivity contribution is 5.35. The molecule has 0 bridgehead atoms. The summed E-state index contributed by atoms with van der Waals surface area (Å²) in [7, 11) is 0. The first-order chi connectivity index (χ1) is 10.3. The lowest BCUT2D eigenvalue weighted by Crippen LogP contribution is -2.03. The number of aliphatic hydroxyl groups excluding tert-OH is 1. The van der Waals surface area contributed by atoms with Crippen LogP contribution in [0.3, 0.4) is 0 Å². The fraction of sp³-hybridized carbons (Fsp3) is 0.389. The standard InChI is InChI=1S/C18H24N2O/c1-2-3-4-10-17(21)16-9-7-8-15(13-16)14-20-18-11-5-6-12-19-18/h5-9,11-13,17,21H,2-4,10,14H2,1H3,(H,19,20). The van der Waals surface area contributed by atoms with Gasteiger partial charge in [-0.15, -0.1) is 0 Å². The molecule has 0 saturated heterocycles. The number of benzene rings is 1. The van der Waals surface area contributed by atoms with E-state index >= 15 is 0 Å². The van der Waals surface area contributed by atoms with Crippen molar-refractivity contribution in [1.82, 2.24) is 4.98 Å². The highest BCUT2D eigenvalue weighted by Crippen LogP contribution is 2.21. The van der Waals surface area contributed by atoms with Crippen molar-refractivity contribution in [1.29, 1.82) is 0 Å². The van der Waals surface area contributed by atoms with Crippen molar-refractivity contribution >= 4 is 5.82 Å². The summed E-state index contributed by atoms with van der Waals surface area (Å²) in [5, 5.41) is 13.5. The minimum Gasteiger partial charge on any atom is -0.388 e. The molecule has 112 valence electrons. The summed E-state index contributed by atoms with van der Waals surface area (Å²) >= 11 is 0. The monoisotopic (exact) mass is 284 g/mol. The zero-order valence-corrected chi connectivity index (χ0v) is 12.6. The second kappa shape index (κ2) is 8.42. The van der Waals surface area contributed by atoms with Crippen molar-refractivity contribution < 1.29 is 5.11 Å². The molecular weight excluding hydrogens is 260 g/mol. The van der Waals surface area contributed by atoms with E-state index in [9.17, 15) is 5.11 Å². The molecule has 2 N–H and O–H groups in total. The third-order valence-electron chi connectivity index (χ3n) is 3.56. The zero-order chi connectivity index (χ0) is 14.9. The largest absolute Gasteiger partial charge is 0.388 e. The molecule has 0 spiro atoms. The molecule has 1 atom stereocenters. The van der Waals surface area contributed by atoms with E-state index in [0.717, 1.165) is 29.8 Å². The third kappa shape index (κ3) is 5.20. The molecule has 1 heterocycles. The van der Waals surface area contributed by atoms with Crippen molar-refractivity contribution in [2.75, 3.05) is 5.32 Å². The molecule has 1 aromatic heterocycles. The minimum absolute atomic E-state index is 0.355. The van der Waals surface area contributed by atoms with Crippen molar-refractivity contribution in [2.45, 2.75) is 45.3 Å². The second-order valence-corrected chi connectivity index (χ2v) is 5.33. The van der Waals surface area contributed by atoms with Gasteiger partial charge in [0.05, 0.1) is 6.10 Å². The highest BCUT2D eigenvalue weighted by Gasteiger charge is 2.07. The van der Waals surface area contributed by atoms with Crippen LogP contribution >= 0.6 is 0 Å². The number of nitrogens with zero attached hydrogens (tertiary/aromatic N) is 1. The van der Waals surface area contributed by atoms with Crippen molar-refractivity contribution in [3.8, 4) is 0 Å². The Kier molecular flexibility index (Phi) is 6.22. The molecule has 1 aromatic carbocycles. The lowest BCUT2D eigenvalue weighted by atomic mass is 10.0. The Bertz CT molecular complexity index is 528. The summed E-state index contributed by atoms with van der Waals surface area (Å²) in [6.07, 6.45) is 5.69. The molecule has 1 unspecified atom stereocenters. The van der Waals surface area contributed by atoms with Gasteiger partial charge in [0, 0.05) is 12.7 Å². The molecular formula is C18H24N2O. The number of anilines is 1. The Hall–Kier alpha value is -1.87. The van der Waals surface area contributed by atoms with Crippen LogP contribution in [0.25, 0.3) is 0 Å². The molecule has 3 heteroatoms. The van der Waals surface area contributed by atoms with E-state index in [0.29, 0.717) is 6.54 Å². The molecule has 0 saturated carbocycles. The van der Waals surface area contributed by atoms with Crippen molar-refractivity contribution in [3.63, 3.8) is 0 Å². The molecule has 21 heavy (non-hydrogen) atoms. The summed E-state index contributed by atoms with van der Waals surface area (Å²) in [5.41, 5.74) is 2.17. The Balaban J connectivity index is 1.91. The van der Waals surface area contributed by atoms with Crippen LogP contribution in [-0.2, 0) is 6.54 Å². The van der Waals surface area contributed by atoms with Crippen LogP contribution in [0.2, 0.25) is 0 Å². The van der Waals surface area contributed by atoms with E-state index in [-0.39, 0.29) is 6.10 Å². The van der Waals surface area contributed by atoms with Gasteiger partial charge in [-0.2, -0.15) is 0 Å². The maximum absolute atomic E-state index is 10.2. The van der Waals surface area contributed by atoms with E-state index in [1.54, 1.807) is 6.20 Å². The predicted molar refractivity (Wildman–Crippen MR) is 87.1 cm³/mol. The van der Waals surface area contributed by atoms with Crippen LogP contribution < -0.4 is 5.32 Å². The SMILES string of the molecule is CCCCCC(O)c1cccc(CNc2ccccn2)c1. The number of nitrogens with one attached hydrogen (secondary N) is 1. The van der Waals surface area contributed by atoms with Gasteiger partial charge in [0.15, 0.2) is 0 Å². The van der Waals surface area contributed by atoms with Crippen LogP contribution in [0.15, 0.2) is 48.7 Å². The van der Waals surface area contributed by atoms with Crippen LogP contribution in [0.1, 0.15) is 49.8 Å². The van der Waals surface area contributed by atoms with E-state index in [2.05, 4.69) is 29.4 Å². The van der Waals surface area contributed by atoms with Gasteiger partial charge in [-0.3, -0.25) is 0 Å². The molecule has 0 aliphatic carbocycles. The summed E-state index contributed by atoms with van der Waals surface area (Å²) in [6, 6.07) is 14.0. The Morgan fingerprint density at radius 3 is 2.81 bits per heavy atom.